The van der Waals surface area contributed by atoms with Gasteiger partial charge in [0.25, 0.3) is 0 Å². The molecular weight excluding hydrogens is 478 g/mol. The molecule has 0 spiro atoms. The second-order valence-corrected chi connectivity index (χ2v) is 7.95. The van der Waals surface area contributed by atoms with Gasteiger partial charge in [0.15, 0.2) is 46.5 Å². The maximum atomic E-state index is 13.8. The molecule has 3 aromatic rings. The Morgan fingerprint density at radius 3 is 0.931 bits per heavy atom. The largest absolute Gasteiger partial charge is 0.202 e. The van der Waals surface area contributed by atoms with Crippen LogP contribution in [0.5, 0.6) is 0 Å². The van der Waals surface area contributed by atoms with E-state index < -0.39 is 68.0 Å². The molecule has 0 fully saturated rings. The molecule has 0 amide bonds. The van der Waals surface area contributed by atoms with E-state index in [1.54, 1.807) is 0 Å². The molecule has 1 aromatic heterocycles. The van der Waals surface area contributed by atoms with Gasteiger partial charge in [-0.05, 0) is 0 Å². The molecule has 0 saturated heterocycles. The van der Waals surface area contributed by atoms with Crippen LogP contribution in [0.2, 0.25) is 0 Å². The Bertz CT molecular complexity index is 981. The predicted molar refractivity (Wildman–Crippen MR) is 85.0 cm³/mol. The minimum absolute atomic E-state index is 0.0401. The highest BCUT2D eigenvalue weighted by molar-refractivity contribution is 8.02. The van der Waals surface area contributed by atoms with E-state index in [-0.39, 0.29) is 33.3 Å². The molecule has 13 heteroatoms. The summed E-state index contributed by atoms with van der Waals surface area (Å²) in [6.07, 6.45) is 0. The minimum Gasteiger partial charge on any atom is -0.202 e. The van der Waals surface area contributed by atoms with Crippen LogP contribution < -0.4 is 0 Å². The van der Waals surface area contributed by atoms with Gasteiger partial charge in [-0.1, -0.05) is 23.5 Å². The number of hydrogen-bond donors (Lipinski definition) is 0. The van der Waals surface area contributed by atoms with E-state index in [0.717, 1.165) is 22.1 Å². The van der Waals surface area contributed by atoms with E-state index in [1.807, 2.05) is 0 Å². The van der Waals surface area contributed by atoms with Crippen molar-refractivity contribution in [1.29, 1.82) is 0 Å². The maximum Gasteiger partial charge on any atom is 0.200 e. The van der Waals surface area contributed by atoms with Crippen molar-refractivity contribution in [2.75, 3.05) is 0 Å². The zero-order chi connectivity index (χ0) is 21.6. The Hall–Kier alpha value is -1.86. The van der Waals surface area contributed by atoms with Crippen LogP contribution in [0, 0.1) is 58.2 Å². The molecule has 0 saturated carbocycles. The first-order valence-corrected chi connectivity index (χ1v) is 9.58. The Balaban J connectivity index is 2.04. The zero-order valence-electron chi connectivity index (χ0n) is 13.2. The van der Waals surface area contributed by atoms with Gasteiger partial charge in [-0.2, -0.15) is 11.3 Å². The van der Waals surface area contributed by atoms with Crippen LogP contribution >= 0.6 is 34.9 Å². The lowest BCUT2D eigenvalue weighted by atomic mass is 10.3. The third-order valence-corrected chi connectivity index (χ3v) is 6.77. The second kappa shape index (κ2) is 8.11. The summed E-state index contributed by atoms with van der Waals surface area (Å²) in [5.74, 6) is -22.1. The normalized spacial score (nSPS) is 11.4. The lowest BCUT2D eigenvalue weighted by molar-refractivity contribution is 0.360. The molecule has 0 radical (unpaired) electrons. The van der Waals surface area contributed by atoms with Crippen molar-refractivity contribution < 1.29 is 43.9 Å². The molecule has 1 heterocycles. The average molecular weight is 480 g/mol. The summed E-state index contributed by atoms with van der Waals surface area (Å²) < 4.78 is 135. The van der Waals surface area contributed by atoms with Crippen molar-refractivity contribution >= 4 is 34.9 Å². The lowest BCUT2D eigenvalue weighted by Gasteiger charge is -2.10. The van der Waals surface area contributed by atoms with Crippen LogP contribution in [0.1, 0.15) is 0 Å². The fraction of sp³-hybridized carbons (Fsp3) is 0. The van der Waals surface area contributed by atoms with Crippen LogP contribution in [0.4, 0.5) is 43.9 Å². The summed E-state index contributed by atoms with van der Waals surface area (Å²) in [6, 6.07) is 0. The van der Waals surface area contributed by atoms with Crippen LogP contribution in [0.3, 0.4) is 0 Å². The van der Waals surface area contributed by atoms with Gasteiger partial charge in [0.1, 0.15) is 0 Å². The molecule has 0 unspecified atom stereocenters. The minimum atomic E-state index is -2.37. The van der Waals surface area contributed by atoms with E-state index in [4.69, 9.17) is 0 Å². The fourth-order valence-corrected chi connectivity index (χ4v) is 5.15. The summed E-state index contributed by atoms with van der Waals surface area (Å²) in [4.78, 5) is -3.04. The number of benzene rings is 2. The topological polar surface area (TPSA) is 0 Å². The van der Waals surface area contributed by atoms with Gasteiger partial charge in [-0.3, -0.25) is 0 Å². The molecule has 0 aliphatic heterocycles. The van der Waals surface area contributed by atoms with Gasteiger partial charge >= 0.3 is 0 Å². The van der Waals surface area contributed by atoms with Gasteiger partial charge in [-0.25, -0.2) is 43.9 Å². The first-order valence-electron chi connectivity index (χ1n) is 7.01. The molecule has 0 nitrogen and oxygen atoms in total. The number of rotatable bonds is 4. The van der Waals surface area contributed by atoms with Gasteiger partial charge in [-0.15, -0.1) is 0 Å². The average Bonchev–Trinajstić information content (AvgIpc) is 3.15. The number of thiophene rings is 1. The third-order valence-electron chi connectivity index (χ3n) is 3.36. The highest BCUT2D eigenvalue weighted by Gasteiger charge is 2.29. The van der Waals surface area contributed by atoms with Gasteiger partial charge in [0, 0.05) is 20.6 Å². The molecule has 0 bridgehead atoms. The molecular formula is C16H2F10S3. The summed E-state index contributed by atoms with van der Waals surface area (Å²) in [5.41, 5.74) is 0. The SMILES string of the molecule is Fc1c(F)c(F)c(Sc2cscc2Sc2c(F)c(F)c(F)c(F)c2F)c(F)c1F. The van der Waals surface area contributed by atoms with Crippen molar-refractivity contribution in [1.82, 2.24) is 0 Å². The van der Waals surface area contributed by atoms with Crippen LogP contribution in [0.25, 0.3) is 0 Å². The molecule has 0 atom stereocenters. The molecule has 0 N–H and O–H groups in total. The Labute approximate surface area is 167 Å². The quantitative estimate of drug-likeness (QED) is 0.216. The monoisotopic (exact) mass is 480 g/mol. The highest BCUT2D eigenvalue weighted by Crippen LogP contribution is 2.45. The summed E-state index contributed by atoms with van der Waals surface area (Å²) in [7, 11) is 0. The molecule has 0 aliphatic carbocycles. The van der Waals surface area contributed by atoms with Crippen molar-refractivity contribution in [2.24, 2.45) is 0 Å². The van der Waals surface area contributed by atoms with Gasteiger partial charge in [0.2, 0.25) is 11.6 Å². The van der Waals surface area contributed by atoms with Crippen LogP contribution in [0.15, 0.2) is 30.3 Å². The molecule has 2 aromatic carbocycles. The Morgan fingerprint density at radius 2 is 0.655 bits per heavy atom. The van der Waals surface area contributed by atoms with Crippen molar-refractivity contribution in [2.45, 2.75) is 19.6 Å². The van der Waals surface area contributed by atoms with E-state index in [9.17, 15) is 43.9 Å². The Kier molecular flexibility index (Phi) is 6.11. The van der Waals surface area contributed by atoms with E-state index >= 15 is 0 Å². The maximum absolute atomic E-state index is 13.8. The van der Waals surface area contributed by atoms with Crippen molar-refractivity contribution in [3.63, 3.8) is 0 Å². The molecule has 29 heavy (non-hydrogen) atoms. The van der Waals surface area contributed by atoms with E-state index in [2.05, 4.69) is 0 Å². The van der Waals surface area contributed by atoms with Crippen LogP contribution in [-0.4, -0.2) is 0 Å². The molecule has 0 aliphatic rings. The molecule has 3 rings (SSSR count). The molecule has 154 valence electrons. The van der Waals surface area contributed by atoms with Crippen molar-refractivity contribution in [3.8, 4) is 0 Å². The predicted octanol–water partition coefficient (Wildman–Crippen LogP) is 7.44. The van der Waals surface area contributed by atoms with E-state index in [0.29, 0.717) is 0 Å². The fourth-order valence-electron chi connectivity index (χ4n) is 1.99. The summed E-state index contributed by atoms with van der Waals surface area (Å²) in [6.45, 7) is 0. The standard InChI is InChI=1S/C16H2F10S3/c17-5-7(19)11(23)15(12(24)8(5)20)28-3-1-27-2-4(3)29-16-13(25)9(21)6(18)10(22)14(16)26/h1-2H. The smallest absolute Gasteiger partial charge is 0.200 e. The summed E-state index contributed by atoms with van der Waals surface area (Å²) in [5, 5.41) is 2.27. The third kappa shape index (κ3) is 3.70. The van der Waals surface area contributed by atoms with E-state index in [1.165, 1.54) is 0 Å². The highest BCUT2D eigenvalue weighted by atomic mass is 32.2. The first kappa shape index (κ1) is 21.8. The van der Waals surface area contributed by atoms with Gasteiger partial charge in [0.05, 0.1) is 9.79 Å². The Morgan fingerprint density at radius 1 is 0.414 bits per heavy atom. The van der Waals surface area contributed by atoms with Crippen molar-refractivity contribution in [3.05, 3.63) is 68.9 Å². The first-order chi connectivity index (χ1) is 13.6. The van der Waals surface area contributed by atoms with Crippen LogP contribution in [-0.2, 0) is 0 Å². The number of hydrogen-bond acceptors (Lipinski definition) is 3. The lowest BCUT2D eigenvalue weighted by Crippen LogP contribution is -2.03. The summed E-state index contributed by atoms with van der Waals surface area (Å²) >= 11 is 0.877. The number of halogens is 10. The second-order valence-electron chi connectivity index (χ2n) is 5.10. The zero-order valence-corrected chi connectivity index (χ0v) is 15.6. The van der Waals surface area contributed by atoms with Gasteiger partial charge < -0.3 is 0 Å².